The number of epoxide rings is 1. The summed E-state index contributed by atoms with van der Waals surface area (Å²) in [6.45, 7) is 8.03. The normalized spacial score (nSPS) is 52.6. The minimum Gasteiger partial charge on any atom is -0.462 e. The van der Waals surface area contributed by atoms with Crippen LogP contribution >= 0.6 is 0 Å². The highest BCUT2D eigenvalue weighted by atomic mass is 16.6. The van der Waals surface area contributed by atoms with Crippen LogP contribution in [0.4, 0.5) is 0 Å². The number of ketones is 1. The molecule has 5 aliphatic rings. The zero-order valence-corrected chi connectivity index (χ0v) is 17.0. The van der Waals surface area contributed by atoms with Crippen LogP contribution in [0.3, 0.4) is 0 Å². The molecule has 0 amide bonds. The molecular formula is C23H32O4. The summed E-state index contributed by atoms with van der Waals surface area (Å²) in [5.41, 5.74) is 1.30. The molecule has 8 atom stereocenters. The van der Waals surface area contributed by atoms with Gasteiger partial charge < -0.3 is 9.47 Å². The predicted molar refractivity (Wildman–Crippen MR) is 101 cm³/mol. The Balaban J connectivity index is 1.43. The summed E-state index contributed by atoms with van der Waals surface area (Å²) in [6, 6.07) is 0. The molecule has 0 unspecified atom stereocenters. The number of carbonyl (C=O) groups excluding carboxylic acids is 2. The number of allylic oxidation sites excluding steroid dienone is 1. The molecular weight excluding hydrogens is 340 g/mol. The zero-order valence-electron chi connectivity index (χ0n) is 17.0. The van der Waals surface area contributed by atoms with Crippen molar-refractivity contribution in [3.63, 3.8) is 0 Å². The zero-order chi connectivity index (χ0) is 19.2. The summed E-state index contributed by atoms with van der Waals surface area (Å²) >= 11 is 0. The first kappa shape index (κ1) is 17.9. The molecule has 148 valence electrons. The van der Waals surface area contributed by atoms with Gasteiger partial charge in [0, 0.05) is 18.8 Å². The standard InChI is InChI=1S/C23H32O4/c1-13(24)23-20(27-23)12-19-17-6-5-15-11-16(26-14(2)25)7-9-21(15,3)18(17)8-10-22(19,23)4/h5,16-20H,6-12H2,1-4H3/t16-,17-,18-,19+,20+,21-,22-,23+/m0/s1. The largest absolute Gasteiger partial charge is 0.462 e. The summed E-state index contributed by atoms with van der Waals surface area (Å²) < 4.78 is 11.6. The highest BCUT2D eigenvalue weighted by Gasteiger charge is 2.79. The van der Waals surface area contributed by atoms with Gasteiger partial charge in [0.2, 0.25) is 0 Å². The van der Waals surface area contributed by atoms with Crippen LogP contribution in [0.15, 0.2) is 11.6 Å². The van der Waals surface area contributed by atoms with Crippen molar-refractivity contribution in [2.75, 3.05) is 0 Å². The van der Waals surface area contributed by atoms with Gasteiger partial charge in [-0.3, -0.25) is 9.59 Å². The number of fused-ring (bicyclic) bond motifs is 7. The highest BCUT2D eigenvalue weighted by Crippen LogP contribution is 2.73. The van der Waals surface area contributed by atoms with Crippen LogP contribution in [-0.2, 0) is 19.1 Å². The molecule has 27 heavy (non-hydrogen) atoms. The maximum absolute atomic E-state index is 12.5. The molecule has 0 aromatic rings. The van der Waals surface area contributed by atoms with Crippen LogP contribution in [-0.4, -0.2) is 29.6 Å². The van der Waals surface area contributed by atoms with E-state index in [0.717, 1.165) is 38.5 Å². The first-order chi connectivity index (χ1) is 12.7. The molecule has 1 heterocycles. The number of rotatable bonds is 2. The third-order valence-electron chi connectivity index (χ3n) is 9.34. The average Bonchev–Trinajstić information content (AvgIpc) is 3.27. The molecule has 0 aromatic heterocycles. The van der Waals surface area contributed by atoms with Crippen LogP contribution in [0, 0.1) is 28.6 Å². The van der Waals surface area contributed by atoms with Gasteiger partial charge >= 0.3 is 5.97 Å². The molecule has 0 N–H and O–H groups in total. The molecule has 4 heteroatoms. The van der Waals surface area contributed by atoms with Crippen molar-refractivity contribution in [3.8, 4) is 0 Å². The Morgan fingerprint density at radius 2 is 1.93 bits per heavy atom. The molecule has 0 spiro atoms. The van der Waals surface area contributed by atoms with Gasteiger partial charge in [0.1, 0.15) is 6.10 Å². The predicted octanol–water partition coefficient (Wildman–Crippen LogP) is 4.22. The Labute approximate surface area is 162 Å². The van der Waals surface area contributed by atoms with E-state index in [2.05, 4.69) is 19.9 Å². The van der Waals surface area contributed by atoms with Crippen LogP contribution in [0.5, 0.6) is 0 Å². The molecule has 0 radical (unpaired) electrons. The van der Waals surface area contributed by atoms with E-state index in [4.69, 9.17) is 9.47 Å². The fraction of sp³-hybridized carbons (Fsp3) is 0.826. The summed E-state index contributed by atoms with van der Waals surface area (Å²) in [5.74, 6) is 2.03. The van der Waals surface area contributed by atoms with Crippen LogP contribution < -0.4 is 0 Å². The average molecular weight is 373 g/mol. The first-order valence-electron chi connectivity index (χ1n) is 10.8. The van der Waals surface area contributed by atoms with Gasteiger partial charge in [0.05, 0.1) is 6.10 Å². The molecule has 4 nitrogen and oxygen atoms in total. The van der Waals surface area contributed by atoms with E-state index in [-0.39, 0.29) is 34.8 Å². The molecule has 0 bridgehead atoms. The molecule has 1 aliphatic heterocycles. The maximum Gasteiger partial charge on any atom is 0.302 e. The quantitative estimate of drug-likeness (QED) is 0.414. The third kappa shape index (κ3) is 2.14. The summed E-state index contributed by atoms with van der Waals surface area (Å²) in [6.07, 6.45) is 10.1. The monoisotopic (exact) mass is 372 g/mol. The summed E-state index contributed by atoms with van der Waals surface area (Å²) in [7, 11) is 0. The maximum atomic E-state index is 12.5. The Hall–Kier alpha value is -1.16. The minimum absolute atomic E-state index is 0.0152. The SMILES string of the molecule is CC(=O)O[C@H]1CC[C@@]2(C)C(=CC[C@@H]3[C@H]4C[C@H]5O[C@@]5(C(C)=O)[C@@]4(C)CC[C@@H]32)C1. The molecule has 1 saturated heterocycles. The van der Waals surface area contributed by atoms with Gasteiger partial charge in [-0.25, -0.2) is 0 Å². The van der Waals surface area contributed by atoms with E-state index in [0.29, 0.717) is 17.8 Å². The lowest BCUT2D eigenvalue weighted by Crippen LogP contribution is -2.54. The van der Waals surface area contributed by atoms with Crippen molar-refractivity contribution in [2.24, 2.45) is 28.6 Å². The second-order valence-electron chi connectivity index (χ2n) is 10.3. The Morgan fingerprint density at radius 3 is 2.63 bits per heavy atom. The van der Waals surface area contributed by atoms with Crippen molar-refractivity contribution in [3.05, 3.63) is 11.6 Å². The number of hydrogen-bond acceptors (Lipinski definition) is 4. The number of hydrogen-bond donors (Lipinski definition) is 0. The van der Waals surface area contributed by atoms with E-state index in [1.807, 2.05) is 0 Å². The topological polar surface area (TPSA) is 55.9 Å². The number of ether oxygens (including phenoxy) is 2. The summed E-state index contributed by atoms with van der Waals surface area (Å²) in [4.78, 5) is 23.8. The molecule has 4 fully saturated rings. The van der Waals surface area contributed by atoms with E-state index in [1.54, 1.807) is 6.92 Å². The Bertz CT molecular complexity index is 741. The number of esters is 1. The van der Waals surface area contributed by atoms with E-state index in [1.165, 1.54) is 18.9 Å². The van der Waals surface area contributed by atoms with Crippen LogP contribution in [0.2, 0.25) is 0 Å². The van der Waals surface area contributed by atoms with E-state index >= 15 is 0 Å². The lowest BCUT2D eigenvalue weighted by molar-refractivity contribution is -0.149. The summed E-state index contributed by atoms with van der Waals surface area (Å²) in [5, 5.41) is 0. The van der Waals surface area contributed by atoms with Crippen molar-refractivity contribution < 1.29 is 19.1 Å². The first-order valence-corrected chi connectivity index (χ1v) is 10.8. The molecule has 3 saturated carbocycles. The van der Waals surface area contributed by atoms with Gasteiger partial charge in [0.15, 0.2) is 11.4 Å². The van der Waals surface area contributed by atoms with Crippen molar-refractivity contribution in [1.29, 1.82) is 0 Å². The second kappa shape index (κ2) is 5.46. The Kier molecular flexibility index (Phi) is 3.62. The smallest absolute Gasteiger partial charge is 0.302 e. The second-order valence-corrected chi connectivity index (χ2v) is 10.3. The minimum atomic E-state index is -0.472. The molecule has 0 aromatic carbocycles. The lowest BCUT2D eigenvalue weighted by atomic mass is 9.47. The van der Waals surface area contributed by atoms with Crippen molar-refractivity contribution >= 4 is 11.8 Å². The van der Waals surface area contributed by atoms with Crippen LogP contribution in [0.25, 0.3) is 0 Å². The van der Waals surface area contributed by atoms with Crippen molar-refractivity contribution in [1.82, 2.24) is 0 Å². The number of carbonyl (C=O) groups is 2. The van der Waals surface area contributed by atoms with Gasteiger partial charge in [0.25, 0.3) is 0 Å². The lowest BCUT2D eigenvalue weighted by Gasteiger charge is -2.58. The van der Waals surface area contributed by atoms with E-state index < -0.39 is 5.60 Å². The fourth-order valence-corrected chi connectivity index (χ4v) is 8.03. The number of Topliss-reactive ketones (excluding diaryl/α,β-unsaturated/α-hetero) is 1. The Morgan fingerprint density at radius 1 is 1.15 bits per heavy atom. The van der Waals surface area contributed by atoms with Gasteiger partial charge in [-0.15, -0.1) is 0 Å². The highest BCUT2D eigenvalue weighted by molar-refractivity contribution is 5.90. The third-order valence-corrected chi connectivity index (χ3v) is 9.34. The van der Waals surface area contributed by atoms with Gasteiger partial charge in [-0.1, -0.05) is 25.5 Å². The fourth-order valence-electron chi connectivity index (χ4n) is 8.03. The van der Waals surface area contributed by atoms with Crippen LogP contribution in [0.1, 0.15) is 72.6 Å². The van der Waals surface area contributed by atoms with E-state index in [9.17, 15) is 9.59 Å². The van der Waals surface area contributed by atoms with Gasteiger partial charge in [-0.05, 0) is 68.6 Å². The molecule has 5 rings (SSSR count). The van der Waals surface area contributed by atoms with Crippen molar-refractivity contribution in [2.45, 2.75) is 90.4 Å². The molecule has 4 aliphatic carbocycles. The van der Waals surface area contributed by atoms with Gasteiger partial charge in [-0.2, -0.15) is 0 Å².